The van der Waals surface area contributed by atoms with Crippen molar-refractivity contribution in [3.05, 3.63) is 71.8 Å². The maximum atomic E-state index is 12.5. The summed E-state index contributed by atoms with van der Waals surface area (Å²) >= 11 is 0. The summed E-state index contributed by atoms with van der Waals surface area (Å²) < 4.78 is 17.8. The van der Waals surface area contributed by atoms with Crippen LogP contribution in [-0.4, -0.2) is 18.7 Å². The van der Waals surface area contributed by atoms with Gasteiger partial charge in [0.25, 0.3) is 0 Å². The summed E-state index contributed by atoms with van der Waals surface area (Å²) in [5.74, 6) is 1.50. The summed E-state index contributed by atoms with van der Waals surface area (Å²) in [5, 5.41) is 2.28. The fourth-order valence-corrected chi connectivity index (χ4v) is 6.29. The predicted molar refractivity (Wildman–Crippen MR) is 203 cm³/mol. The molecule has 0 bridgehead atoms. The van der Waals surface area contributed by atoms with Crippen LogP contribution in [0.3, 0.4) is 0 Å². The summed E-state index contributed by atoms with van der Waals surface area (Å²) in [7, 11) is 0. The Morgan fingerprint density at radius 2 is 1.00 bits per heavy atom. The molecule has 3 aromatic carbocycles. The summed E-state index contributed by atoms with van der Waals surface area (Å²) in [6.45, 7) is 7.69. The predicted octanol–water partition coefficient (Wildman–Crippen LogP) is 13.6. The highest BCUT2D eigenvalue weighted by molar-refractivity contribution is 5.89. The summed E-state index contributed by atoms with van der Waals surface area (Å²) in [6, 6.07) is 20.0. The van der Waals surface area contributed by atoms with Crippen LogP contribution in [0.5, 0.6) is 11.5 Å². The molecule has 0 unspecified atom stereocenters. The lowest BCUT2D eigenvalue weighted by Crippen LogP contribution is -2.15. The van der Waals surface area contributed by atoms with E-state index in [-0.39, 0.29) is 12.1 Å². The van der Waals surface area contributed by atoms with Crippen molar-refractivity contribution in [2.75, 3.05) is 6.61 Å². The van der Waals surface area contributed by atoms with Gasteiger partial charge in [0.15, 0.2) is 0 Å². The van der Waals surface area contributed by atoms with E-state index in [0.717, 1.165) is 53.7 Å². The van der Waals surface area contributed by atoms with Crippen molar-refractivity contribution in [3.63, 3.8) is 0 Å². The molecule has 0 aliphatic rings. The molecule has 4 heteroatoms. The molecule has 3 aromatic rings. The number of carbonyl (C=O) groups is 1. The van der Waals surface area contributed by atoms with E-state index in [2.05, 4.69) is 44.2 Å². The molecule has 0 aliphatic carbocycles. The number of esters is 1. The molecule has 48 heavy (non-hydrogen) atoms. The van der Waals surface area contributed by atoms with Crippen LogP contribution in [0.2, 0.25) is 0 Å². The average molecular weight is 659 g/mol. The highest BCUT2D eigenvalue weighted by Crippen LogP contribution is 2.26. The summed E-state index contributed by atoms with van der Waals surface area (Å²) in [5.41, 5.74) is 1.59. The first-order valence-electron chi connectivity index (χ1n) is 19.7. The van der Waals surface area contributed by atoms with E-state index in [1.807, 2.05) is 37.3 Å². The first kappa shape index (κ1) is 39.4. The Hall–Kier alpha value is -3.01. The van der Waals surface area contributed by atoms with Crippen LogP contribution < -0.4 is 9.47 Å². The van der Waals surface area contributed by atoms with Crippen LogP contribution in [0.4, 0.5) is 0 Å². The molecule has 0 aromatic heterocycles. The normalized spacial score (nSPS) is 11.9. The van der Waals surface area contributed by atoms with Gasteiger partial charge in [-0.3, -0.25) is 0 Å². The van der Waals surface area contributed by atoms with Gasteiger partial charge in [-0.1, -0.05) is 154 Å². The number of unbranched alkanes of at least 4 members (excludes halogenated alkanes) is 18. The van der Waals surface area contributed by atoms with Crippen molar-refractivity contribution in [2.45, 2.75) is 168 Å². The number of ether oxygens (including phenoxy) is 3. The Kier molecular flexibility index (Phi) is 20.6. The average Bonchev–Trinajstić information content (AvgIpc) is 3.10. The molecule has 0 fully saturated rings. The molecule has 0 radical (unpaired) electrons. The van der Waals surface area contributed by atoms with Crippen LogP contribution >= 0.6 is 0 Å². The minimum Gasteiger partial charge on any atom is -0.494 e. The topological polar surface area (TPSA) is 44.8 Å². The minimum atomic E-state index is -0.256. The van der Waals surface area contributed by atoms with E-state index >= 15 is 0 Å². The van der Waals surface area contributed by atoms with Crippen LogP contribution in [-0.2, 0) is 11.3 Å². The van der Waals surface area contributed by atoms with Crippen LogP contribution in [0.25, 0.3) is 10.8 Å². The standard InChI is InChI=1S/C44H66O4/c1-4-6-8-10-11-12-13-14-15-16-17-18-19-20-21-23-33-46-42-31-29-41-35-43(32-30-40(41)34-42)47-36-38-25-27-39(28-26-38)44(45)48-37(3)24-22-9-7-5-2/h25-32,34-35,37H,4-24,33,36H2,1-3H3/t37-/m1/s1. The molecular weight excluding hydrogens is 592 g/mol. The van der Waals surface area contributed by atoms with Crippen molar-refractivity contribution in [1.82, 2.24) is 0 Å². The Labute approximate surface area is 293 Å². The second kappa shape index (κ2) is 25.0. The lowest BCUT2D eigenvalue weighted by molar-refractivity contribution is 0.0319. The molecule has 0 spiro atoms. The Balaban J connectivity index is 1.24. The van der Waals surface area contributed by atoms with Gasteiger partial charge in [-0.15, -0.1) is 0 Å². The van der Waals surface area contributed by atoms with Crippen LogP contribution in [0, 0.1) is 0 Å². The fourth-order valence-electron chi connectivity index (χ4n) is 6.29. The first-order valence-corrected chi connectivity index (χ1v) is 19.7. The van der Waals surface area contributed by atoms with Gasteiger partial charge in [0, 0.05) is 0 Å². The fraction of sp³-hybridized carbons (Fsp3) is 0.614. The zero-order valence-electron chi connectivity index (χ0n) is 30.7. The molecule has 0 N–H and O–H groups in total. The van der Waals surface area contributed by atoms with E-state index in [0.29, 0.717) is 12.2 Å². The highest BCUT2D eigenvalue weighted by Gasteiger charge is 2.12. The Morgan fingerprint density at radius 3 is 1.52 bits per heavy atom. The number of benzene rings is 3. The van der Waals surface area contributed by atoms with Gasteiger partial charge in [0.05, 0.1) is 18.3 Å². The van der Waals surface area contributed by atoms with Crippen molar-refractivity contribution in [1.29, 1.82) is 0 Å². The van der Waals surface area contributed by atoms with E-state index in [4.69, 9.17) is 14.2 Å². The lowest BCUT2D eigenvalue weighted by Gasteiger charge is -2.13. The third-order valence-corrected chi connectivity index (χ3v) is 9.42. The van der Waals surface area contributed by atoms with Gasteiger partial charge < -0.3 is 14.2 Å². The third-order valence-electron chi connectivity index (χ3n) is 9.42. The van der Waals surface area contributed by atoms with E-state index in [1.54, 1.807) is 0 Å². The SMILES string of the molecule is CCCCCCCCCCCCCCCCCCOc1ccc2cc(OCc3ccc(C(=O)O[C@H](C)CCCCCC)cc3)ccc2c1. The van der Waals surface area contributed by atoms with Crippen molar-refractivity contribution in [2.24, 2.45) is 0 Å². The molecule has 0 saturated heterocycles. The largest absolute Gasteiger partial charge is 0.494 e. The van der Waals surface area contributed by atoms with Crippen molar-refractivity contribution >= 4 is 16.7 Å². The third kappa shape index (κ3) is 16.9. The molecule has 266 valence electrons. The zero-order chi connectivity index (χ0) is 34.1. The quantitative estimate of drug-likeness (QED) is 0.0575. The summed E-state index contributed by atoms with van der Waals surface area (Å²) in [4.78, 5) is 12.5. The first-order chi connectivity index (χ1) is 23.6. The number of fused-ring (bicyclic) bond motifs is 1. The number of rotatable bonds is 28. The molecule has 0 amide bonds. The van der Waals surface area contributed by atoms with Gasteiger partial charge in [0.2, 0.25) is 0 Å². The van der Waals surface area contributed by atoms with Gasteiger partial charge in [0.1, 0.15) is 18.1 Å². The van der Waals surface area contributed by atoms with Gasteiger partial charge in [-0.2, -0.15) is 0 Å². The van der Waals surface area contributed by atoms with Crippen LogP contribution in [0.15, 0.2) is 60.7 Å². The molecular formula is C44H66O4. The van der Waals surface area contributed by atoms with Gasteiger partial charge in [-0.05, 0) is 78.9 Å². The molecule has 0 aliphatic heterocycles. The number of hydrogen-bond acceptors (Lipinski definition) is 4. The number of carbonyl (C=O) groups excluding carboxylic acids is 1. The van der Waals surface area contributed by atoms with E-state index in [1.165, 1.54) is 116 Å². The molecule has 4 nitrogen and oxygen atoms in total. The maximum absolute atomic E-state index is 12.5. The molecule has 3 rings (SSSR count). The monoisotopic (exact) mass is 658 g/mol. The summed E-state index contributed by atoms with van der Waals surface area (Å²) in [6.07, 6.45) is 27.7. The van der Waals surface area contributed by atoms with Crippen molar-refractivity contribution in [3.8, 4) is 11.5 Å². The molecule has 0 saturated carbocycles. The lowest BCUT2D eigenvalue weighted by atomic mass is 10.0. The maximum Gasteiger partial charge on any atom is 0.338 e. The van der Waals surface area contributed by atoms with Gasteiger partial charge >= 0.3 is 5.97 Å². The highest BCUT2D eigenvalue weighted by atomic mass is 16.5. The molecule has 0 heterocycles. The second-order valence-electron chi connectivity index (χ2n) is 13.9. The Bertz CT molecular complexity index is 1250. The second-order valence-corrected chi connectivity index (χ2v) is 13.9. The molecule has 1 atom stereocenters. The minimum absolute atomic E-state index is 0.0587. The van der Waals surface area contributed by atoms with E-state index in [9.17, 15) is 4.79 Å². The van der Waals surface area contributed by atoms with Gasteiger partial charge in [-0.25, -0.2) is 4.79 Å². The van der Waals surface area contributed by atoms with Crippen molar-refractivity contribution < 1.29 is 19.0 Å². The Morgan fingerprint density at radius 1 is 0.542 bits per heavy atom. The zero-order valence-corrected chi connectivity index (χ0v) is 30.7. The number of hydrogen-bond donors (Lipinski definition) is 0. The smallest absolute Gasteiger partial charge is 0.338 e. The van der Waals surface area contributed by atoms with E-state index < -0.39 is 0 Å². The van der Waals surface area contributed by atoms with Crippen LogP contribution in [0.1, 0.15) is 172 Å².